The lowest BCUT2D eigenvalue weighted by atomic mass is 9.97. The number of carboxylic acid groups (broad SMARTS) is 1. The molecule has 0 spiro atoms. The van der Waals surface area contributed by atoms with E-state index in [1.54, 1.807) is 12.3 Å². The molecule has 0 saturated heterocycles. The van der Waals surface area contributed by atoms with Crippen LogP contribution in [0.1, 0.15) is 21.7 Å². The molecule has 0 amide bonds. The van der Waals surface area contributed by atoms with Gasteiger partial charge in [0.05, 0.1) is 22.6 Å². The average molecular weight is 278 g/mol. The fourth-order valence-electron chi connectivity index (χ4n) is 2.48. The number of carbonyl (C=O) groups is 1. The predicted octanol–water partition coefficient (Wildman–Crippen LogP) is 3.61. The Kier molecular flexibility index (Phi) is 3.14. The summed E-state index contributed by atoms with van der Waals surface area (Å²) in [7, 11) is 0. The Labute approximate surface area is 122 Å². The van der Waals surface area contributed by atoms with E-state index in [0.29, 0.717) is 10.9 Å². The maximum atomic E-state index is 11.4. The molecule has 3 rings (SSSR count). The van der Waals surface area contributed by atoms with Gasteiger partial charge in [-0.1, -0.05) is 30.3 Å². The van der Waals surface area contributed by atoms with Crippen molar-refractivity contribution in [2.24, 2.45) is 0 Å². The van der Waals surface area contributed by atoms with E-state index in [2.05, 4.69) is 9.97 Å². The highest BCUT2D eigenvalue weighted by atomic mass is 16.4. The van der Waals surface area contributed by atoms with Crippen LogP contribution < -0.4 is 0 Å². The Morgan fingerprint density at radius 2 is 1.76 bits per heavy atom. The third-order valence-electron chi connectivity index (χ3n) is 3.49. The highest BCUT2D eigenvalue weighted by molar-refractivity contribution is 6.08. The van der Waals surface area contributed by atoms with E-state index in [1.165, 1.54) is 0 Å². The highest BCUT2D eigenvalue weighted by Crippen LogP contribution is 2.31. The van der Waals surface area contributed by atoms with Crippen molar-refractivity contribution >= 4 is 16.7 Å². The van der Waals surface area contributed by atoms with Crippen molar-refractivity contribution in [3.05, 3.63) is 59.5 Å². The van der Waals surface area contributed by atoms with E-state index >= 15 is 0 Å². The van der Waals surface area contributed by atoms with Crippen LogP contribution in [0.25, 0.3) is 22.0 Å². The number of fused-ring (bicyclic) bond motifs is 1. The van der Waals surface area contributed by atoms with Crippen LogP contribution >= 0.6 is 0 Å². The molecule has 0 aliphatic heterocycles. The van der Waals surface area contributed by atoms with Crippen LogP contribution in [0.2, 0.25) is 0 Å². The van der Waals surface area contributed by atoms with Gasteiger partial charge in [0.2, 0.25) is 0 Å². The summed E-state index contributed by atoms with van der Waals surface area (Å²) in [6.07, 6.45) is 1.73. The molecule has 0 atom stereocenters. The number of rotatable bonds is 2. The molecule has 104 valence electrons. The Morgan fingerprint density at radius 3 is 2.48 bits per heavy atom. The van der Waals surface area contributed by atoms with Gasteiger partial charge in [-0.05, 0) is 30.7 Å². The monoisotopic (exact) mass is 278 g/mol. The van der Waals surface area contributed by atoms with Gasteiger partial charge in [0.1, 0.15) is 0 Å². The van der Waals surface area contributed by atoms with E-state index in [4.69, 9.17) is 0 Å². The number of nitrogens with zero attached hydrogens (tertiary/aromatic N) is 2. The third kappa shape index (κ3) is 2.25. The number of carboxylic acids is 1. The maximum Gasteiger partial charge on any atom is 0.336 e. The van der Waals surface area contributed by atoms with E-state index < -0.39 is 5.97 Å². The Hall–Kier alpha value is -2.75. The lowest BCUT2D eigenvalue weighted by Gasteiger charge is -2.11. The first-order chi connectivity index (χ1) is 10.1. The molecule has 0 fully saturated rings. The molecule has 1 aromatic heterocycles. The summed E-state index contributed by atoms with van der Waals surface area (Å²) in [5, 5.41) is 10.9. The molecule has 4 heteroatoms. The molecule has 1 N–H and O–H groups in total. The molecule has 0 bridgehead atoms. The van der Waals surface area contributed by atoms with Crippen LogP contribution in [0.3, 0.4) is 0 Å². The molecule has 0 saturated carbocycles. The van der Waals surface area contributed by atoms with Crippen LogP contribution in [-0.2, 0) is 0 Å². The van der Waals surface area contributed by atoms with Gasteiger partial charge >= 0.3 is 5.97 Å². The average Bonchev–Trinajstić information content (AvgIpc) is 2.48. The quantitative estimate of drug-likeness (QED) is 0.777. The fraction of sp³-hybridized carbons (Fsp3) is 0.118. The van der Waals surface area contributed by atoms with E-state index in [0.717, 1.165) is 28.0 Å². The second kappa shape index (κ2) is 4.98. The van der Waals surface area contributed by atoms with Crippen molar-refractivity contribution in [3.63, 3.8) is 0 Å². The van der Waals surface area contributed by atoms with Crippen LogP contribution in [0.5, 0.6) is 0 Å². The molecular weight excluding hydrogens is 264 g/mol. The molecule has 2 aromatic carbocycles. The molecule has 3 aromatic rings. The standard InChI is InChI=1S/C17H14N2O2/c1-10-9-18-11(2)16(19-10)14-7-8-15(17(20)21)13-6-4-3-5-12(13)14/h3-9H,1-2H3,(H,20,21). The Balaban J connectivity index is 2.37. The van der Waals surface area contributed by atoms with Gasteiger partial charge in [-0.25, -0.2) is 9.78 Å². The minimum absolute atomic E-state index is 0.299. The zero-order valence-electron chi connectivity index (χ0n) is 11.8. The zero-order chi connectivity index (χ0) is 15.0. The number of aryl methyl sites for hydroxylation is 2. The summed E-state index contributed by atoms with van der Waals surface area (Å²) in [6, 6.07) is 10.9. The van der Waals surface area contributed by atoms with Crippen molar-refractivity contribution in [2.45, 2.75) is 13.8 Å². The first-order valence-corrected chi connectivity index (χ1v) is 6.63. The van der Waals surface area contributed by atoms with E-state index in [9.17, 15) is 9.90 Å². The number of benzene rings is 2. The number of aromatic carboxylic acids is 1. The molecular formula is C17H14N2O2. The lowest BCUT2D eigenvalue weighted by molar-refractivity contribution is 0.0699. The molecule has 0 aliphatic rings. The van der Waals surface area contributed by atoms with Gasteiger partial charge in [-0.15, -0.1) is 0 Å². The number of aromatic nitrogens is 2. The first kappa shape index (κ1) is 13.2. The lowest BCUT2D eigenvalue weighted by Crippen LogP contribution is -2.00. The minimum atomic E-state index is -0.926. The minimum Gasteiger partial charge on any atom is -0.478 e. The fourth-order valence-corrected chi connectivity index (χ4v) is 2.48. The molecule has 0 aliphatic carbocycles. The SMILES string of the molecule is Cc1cnc(C)c(-c2ccc(C(=O)O)c3ccccc23)n1. The van der Waals surface area contributed by atoms with Gasteiger partial charge < -0.3 is 5.11 Å². The van der Waals surface area contributed by atoms with Crippen molar-refractivity contribution < 1.29 is 9.90 Å². The molecule has 1 heterocycles. The normalized spacial score (nSPS) is 10.8. The molecule has 21 heavy (non-hydrogen) atoms. The summed E-state index contributed by atoms with van der Waals surface area (Å²) in [4.78, 5) is 20.3. The third-order valence-corrected chi connectivity index (χ3v) is 3.49. The molecule has 4 nitrogen and oxygen atoms in total. The van der Waals surface area contributed by atoms with Crippen LogP contribution in [0, 0.1) is 13.8 Å². The zero-order valence-corrected chi connectivity index (χ0v) is 11.8. The second-order valence-electron chi connectivity index (χ2n) is 4.96. The molecule has 0 radical (unpaired) electrons. The summed E-state index contributed by atoms with van der Waals surface area (Å²) in [5.41, 5.74) is 3.66. The van der Waals surface area contributed by atoms with Crippen molar-refractivity contribution in [3.8, 4) is 11.3 Å². The van der Waals surface area contributed by atoms with E-state index in [-0.39, 0.29) is 0 Å². The van der Waals surface area contributed by atoms with Crippen molar-refractivity contribution in [1.82, 2.24) is 9.97 Å². The summed E-state index contributed by atoms with van der Waals surface area (Å²) in [5.74, 6) is -0.926. The van der Waals surface area contributed by atoms with Gasteiger partial charge in [-0.3, -0.25) is 4.98 Å². The van der Waals surface area contributed by atoms with E-state index in [1.807, 2.05) is 44.2 Å². The van der Waals surface area contributed by atoms with Gasteiger partial charge in [-0.2, -0.15) is 0 Å². The number of hydrogen-bond donors (Lipinski definition) is 1. The predicted molar refractivity (Wildman–Crippen MR) is 81.4 cm³/mol. The van der Waals surface area contributed by atoms with Crippen LogP contribution in [0.15, 0.2) is 42.6 Å². The smallest absolute Gasteiger partial charge is 0.336 e. The van der Waals surface area contributed by atoms with Gasteiger partial charge in [0.15, 0.2) is 0 Å². The second-order valence-corrected chi connectivity index (χ2v) is 4.96. The molecule has 0 unspecified atom stereocenters. The highest BCUT2D eigenvalue weighted by Gasteiger charge is 2.14. The Bertz CT molecular complexity index is 857. The van der Waals surface area contributed by atoms with Crippen molar-refractivity contribution in [1.29, 1.82) is 0 Å². The summed E-state index contributed by atoms with van der Waals surface area (Å²) >= 11 is 0. The van der Waals surface area contributed by atoms with Gasteiger partial charge in [0.25, 0.3) is 0 Å². The first-order valence-electron chi connectivity index (χ1n) is 6.63. The van der Waals surface area contributed by atoms with Crippen molar-refractivity contribution in [2.75, 3.05) is 0 Å². The topological polar surface area (TPSA) is 63.1 Å². The summed E-state index contributed by atoms with van der Waals surface area (Å²) < 4.78 is 0. The maximum absolute atomic E-state index is 11.4. The van der Waals surface area contributed by atoms with Crippen LogP contribution in [-0.4, -0.2) is 21.0 Å². The summed E-state index contributed by atoms with van der Waals surface area (Å²) in [6.45, 7) is 3.80. The Morgan fingerprint density at radius 1 is 1.05 bits per heavy atom. The van der Waals surface area contributed by atoms with Gasteiger partial charge in [0, 0.05) is 11.8 Å². The largest absolute Gasteiger partial charge is 0.478 e. The number of hydrogen-bond acceptors (Lipinski definition) is 3. The van der Waals surface area contributed by atoms with Crippen LogP contribution in [0.4, 0.5) is 0 Å².